The minimum Gasteiger partial charge on any atom is -0.740 e. The summed E-state index contributed by atoms with van der Waals surface area (Å²) in [5.41, 5.74) is 2.04. The fourth-order valence-electron chi connectivity index (χ4n) is 17.7. The number of fused-ring (bicyclic) bond motifs is 6. The molecule has 4 amide bonds. The van der Waals surface area contributed by atoms with E-state index in [0.717, 1.165) is 82.0 Å². The first-order valence-corrected chi connectivity index (χ1v) is 36.9. The standard InChI is InChI=1S/C71H105N11O15S.Tb/c1-39(2)60(76-58(85)11-9-8-10-22-82-38-51(78-79-82)43-34-74-69(98)75-35-43)67(87)77-70(20-25-81(26-21-70)44-17-23-80(6)24-18-44)68(88)73-37-59(86)72-36-46(84)31-56-61(89-7)50-30-45(83)29-48-13-15-53-62(92-48)66-65-64(94-53)63-57(95-65)33-71(96-63,97-66)19-16-49-28-41(4)52(90-49)14-12-47-27-40(3)42(5)54(91-47)32-55(50)93-56;/h34-35,38-40,44,46-50,52-57,60-66,84H,4-5,8-33,36-37H2,1-3,6-7H3,(H,72,86)(H,73,88)(H,76,85)(H,77,87)(H,74,75,98);/p-1/t40-,46+,47+,48-,49+,50+,52?,53+,54-,55+,56-,57?,60+,61-,62+,63+,64+,65-,66+,71+;/m1./s1. The molecule has 14 heterocycles. The number of carbonyl (C=O) groups is 5. The molecule has 12 aliphatic rings. The molecule has 12 aliphatic heterocycles. The van der Waals surface area contributed by atoms with Gasteiger partial charge in [0.25, 0.3) is 0 Å². The van der Waals surface area contributed by atoms with Crippen LogP contribution in [0, 0.1) is 56.4 Å². The molecule has 12 fully saturated rings. The first-order chi connectivity index (χ1) is 47.2. The third-order valence-corrected chi connectivity index (χ3v) is 23.5. The average Bonchev–Trinajstić information content (AvgIpc) is 1.55. The number of aliphatic hydroxyl groups is 1. The van der Waals surface area contributed by atoms with Crippen LogP contribution in [0.4, 0.5) is 0 Å². The molecule has 14 rings (SSSR count). The molecule has 2 aromatic rings. The van der Waals surface area contributed by atoms with Crippen molar-refractivity contribution in [3.63, 3.8) is 0 Å². The number of aryl methyl sites for hydroxylation is 1. The van der Waals surface area contributed by atoms with Gasteiger partial charge >= 0.3 is 0 Å². The van der Waals surface area contributed by atoms with E-state index in [0.29, 0.717) is 88.3 Å². The summed E-state index contributed by atoms with van der Waals surface area (Å²) >= 11 is 4.99. The number of piperidine rings is 2. The topological polar surface area (TPSA) is 300 Å². The van der Waals surface area contributed by atoms with E-state index < -0.39 is 84.2 Å². The molecule has 12 saturated heterocycles. The van der Waals surface area contributed by atoms with Crippen molar-refractivity contribution in [3.05, 3.63) is 42.9 Å². The van der Waals surface area contributed by atoms with Crippen molar-refractivity contribution in [2.75, 3.05) is 53.4 Å². The van der Waals surface area contributed by atoms with Gasteiger partial charge in [0.1, 0.15) is 53.6 Å². The number of carbonyl (C=O) groups excluding carboxylic acids is 5. The summed E-state index contributed by atoms with van der Waals surface area (Å²) in [5.74, 6) is -3.18. The van der Waals surface area contributed by atoms with E-state index in [-0.39, 0.29) is 161 Å². The molecule has 549 valence electrons. The Kier molecular flexibility index (Phi) is 24.8. The number of amides is 4. The van der Waals surface area contributed by atoms with E-state index in [1.165, 1.54) is 0 Å². The number of ketones is 1. The van der Waals surface area contributed by atoms with Gasteiger partial charge in [-0.3, -0.25) is 38.6 Å². The van der Waals surface area contributed by atoms with Crippen LogP contribution in [-0.4, -0.2) is 244 Å². The van der Waals surface area contributed by atoms with Gasteiger partial charge in [0.2, 0.25) is 23.6 Å². The maximum Gasteiger partial charge on any atom is 0.246 e. The van der Waals surface area contributed by atoms with Crippen molar-refractivity contribution >= 4 is 42.0 Å². The van der Waals surface area contributed by atoms with Gasteiger partial charge in [-0.15, -0.1) is 5.10 Å². The molecule has 12 bridgehead atoms. The summed E-state index contributed by atoms with van der Waals surface area (Å²) in [7, 11) is 3.72. The van der Waals surface area contributed by atoms with Crippen LogP contribution in [0.1, 0.15) is 156 Å². The van der Waals surface area contributed by atoms with E-state index in [2.05, 4.69) is 78.5 Å². The molecule has 2 aromatic heterocycles. The molecule has 99 heavy (non-hydrogen) atoms. The van der Waals surface area contributed by atoms with Crippen LogP contribution in [0.2, 0.25) is 0 Å². The maximum absolute atomic E-state index is 14.7. The van der Waals surface area contributed by atoms with E-state index in [1.807, 2.05) is 20.0 Å². The molecule has 1 radical (unpaired) electrons. The SMILES string of the molecule is C=C1C[C@@H]2CC[C@@]34CC5O[C@H]6[C@@H](O3)[C@H]3O[C@H](CC[C@@H]3O[C@H]6[C@H]5O4)CC(=O)C[C@@H]3[C@@H](OC)[C@@H](C[C@H](O)CNC(=O)CNC(=O)C4(NC(=O)[C@@H](NC(=O)CCCCCn5cc(-c6cnc([S-])nc6)nn5)C(C)C)CCN(C5CCN(C)CC5)CC4)O[C@H]3C[C@H]3O[C@@H](CCC1O2)C[C@@H](C)C3=C.[Tb]. The average molecular weight is 1540 g/mol. The number of Topliss-reactive ketones (excluding diaryl/α,β-unsaturated/α-hetero) is 1. The van der Waals surface area contributed by atoms with Crippen LogP contribution in [0.5, 0.6) is 0 Å². The van der Waals surface area contributed by atoms with Gasteiger partial charge in [-0.2, -0.15) is 0 Å². The Morgan fingerprint density at radius 1 is 0.778 bits per heavy atom. The van der Waals surface area contributed by atoms with Crippen molar-refractivity contribution in [2.45, 2.75) is 288 Å². The number of ether oxygens (including phenoxy) is 9. The largest absolute Gasteiger partial charge is 0.740 e. The Labute approximate surface area is 617 Å². The second kappa shape index (κ2) is 32.7. The molecular formula is C71H104N11O15STb-. The normalized spacial score (nSPS) is 36.1. The zero-order chi connectivity index (χ0) is 68.6. The molecule has 0 aromatic carbocycles. The van der Waals surface area contributed by atoms with Crippen molar-refractivity contribution < 1.29 is 110 Å². The smallest absolute Gasteiger partial charge is 0.246 e. The predicted molar refractivity (Wildman–Crippen MR) is 357 cm³/mol. The number of aromatic nitrogens is 5. The molecule has 20 atom stereocenters. The van der Waals surface area contributed by atoms with Crippen LogP contribution in [0.15, 0.2) is 48.1 Å². The van der Waals surface area contributed by atoms with Gasteiger partial charge in [-0.05, 0) is 127 Å². The van der Waals surface area contributed by atoms with Crippen LogP contribution in [0.25, 0.3) is 11.3 Å². The first-order valence-electron chi connectivity index (χ1n) is 36.5. The van der Waals surface area contributed by atoms with Crippen LogP contribution < -0.4 is 21.3 Å². The number of nitrogens with zero attached hydrogens (tertiary/aromatic N) is 7. The summed E-state index contributed by atoms with van der Waals surface area (Å²) in [6.07, 6.45) is 11.3. The zero-order valence-corrected chi connectivity index (χ0v) is 61.1. The molecular weight excluding hydrogens is 1440 g/mol. The van der Waals surface area contributed by atoms with Crippen LogP contribution in [0.3, 0.4) is 0 Å². The number of aliphatic hydroxyl groups excluding tert-OH is 1. The van der Waals surface area contributed by atoms with Gasteiger partial charge in [0, 0.05) is 152 Å². The maximum atomic E-state index is 14.7. The molecule has 2 unspecified atom stereocenters. The third kappa shape index (κ3) is 17.3. The van der Waals surface area contributed by atoms with Crippen LogP contribution in [-0.2, 0) is 85.8 Å². The predicted octanol–water partition coefficient (Wildman–Crippen LogP) is 4.11. The fraction of sp³-hybridized carbons (Fsp3) is 0.789. The minimum absolute atomic E-state index is 0. The van der Waals surface area contributed by atoms with Gasteiger partial charge in [-0.1, -0.05) is 45.6 Å². The van der Waals surface area contributed by atoms with E-state index >= 15 is 0 Å². The molecule has 28 heteroatoms. The van der Waals surface area contributed by atoms with E-state index in [1.54, 1.807) is 24.2 Å². The Balaban J connectivity index is 0.00000931. The number of nitrogens with one attached hydrogen (secondary N) is 4. The molecule has 0 saturated carbocycles. The number of unbranched alkanes of at least 4 members (excludes halogenated alkanes) is 2. The van der Waals surface area contributed by atoms with Crippen LogP contribution >= 0.6 is 0 Å². The second-order valence-corrected chi connectivity index (χ2v) is 30.9. The second-order valence-electron chi connectivity index (χ2n) is 30.5. The summed E-state index contributed by atoms with van der Waals surface area (Å²) < 4.78 is 62.9. The third-order valence-electron chi connectivity index (χ3n) is 23.3. The summed E-state index contributed by atoms with van der Waals surface area (Å²) in [6.45, 7) is 18.0. The molecule has 26 nitrogen and oxygen atoms in total. The molecule has 1 spiro atoms. The van der Waals surface area contributed by atoms with Crippen molar-refractivity contribution in [3.8, 4) is 11.3 Å². The number of rotatable bonds is 20. The van der Waals surface area contributed by atoms with E-state index in [4.69, 9.17) is 55.3 Å². The van der Waals surface area contributed by atoms with Crippen molar-refractivity contribution in [1.82, 2.24) is 56.0 Å². The summed E-state index contributed by atoms with van der Waals surface area (Å²) in [4.78, 5) is 83.9. The quantitative estimate of drug-likeness (QED) is 0.0539. The number of hydrogen-bond acceptors (Lipinski definition) is 22. The monoisotopic (exact) mass is 1540 g/mol. The Bertz CT molecular complexity index is 3170. The number of likely N-dealkylation sites (tertiary alicyclic amines) is 2. The van der Waals surface area contributed by atoms with Crippen molar-refractivity contribution in [2.24, 2.45) is 17.8 Å². The minimum atomic E-state index is -1.37. The number of hydrogen-bond donors (Lipinski definition) is 5. The zero-order valence-electron chi connectivity index (χ0n) is 58.1. The van der Waals surface area contributed by atoms with Gasteiger partial charge in [-0.25, -0.2) is 0 Å². The van der Waals surface area contributed by atoms with Gasteiger partial charge < -0.3 is 91.4 Å². The van der Waals surface area contributed by atoms with Gasteiger partial charge in [0.05, 0.1) is 79.9 Å². The Hall–Kier alpha value is -3.72. The van der Waals surface area contributed by atoms with E-state index in [9.17, 15) is 29.1 Å². The fourth-order valence-corrected chi connectivity index (χ4v) is 17.9. The summed E-state index contributed by atoms with van der Waals surface area (Å²) in [6, 6.07) is -0.578. The Morgan fingerprint density at radius 3 is 2.27 bits per heavy atom. The van der Waals surface area contributed by atoms with Crippen molar-refractivity contribution in [1.29, 1.82) is 0 Å². The molecule has 0 aliphatic carbocycles. The van der Waals surface area contributed by atoms with Gasteiger partial charge in [0.15, 0.2) is 5.79 Å². The first kappa shape index (κ1) is 75.0. The Morgan fingerprint density at radius 2 is 1.51 bits per heavy atom. The summed E-state index contributed by atoms with van der Waals surface area (Å²) in [5, 5.41) is 32.2. The number of methoxy groups -OCH3 is 1. The molecule has 5 N–H and O–H groups in total.